The molecule has 0 aliphatic carbocycles. The summed E-state index contributed by atoms with van der Waals surface area (Å²) in [4.78, 5) is 9.43. The molecule has 0 unspecified atom stereocenters. The van der Waals surface area contributed by atoms with Gasteiger partial charge in [0.2, 0.25) is 0 Å². The molecule has 108 valence electrons. The van der Waals surface area contributed by atoms with E-state index in [1.165, 1.54) is 6.33 Å². The third-order valence-electron chi connectivity index (χ3n) is 2.99. The van der Waals surface area contributed by atoms with E-state index >= 15 is 0 Å². The van der Waals surface area contributed by atoms with E-state index in [4.69, 9.17) is 21.1 Å². The number of hydrogen-bond acceptors (Lipinski definition) is 6. The number of anilines is 2. The fourth-order valence-corrected chi connectivity index (χ4v) is 2.94. The van der Waals surface area contributed by atoms with E-state index in [0.717, 1.165) is 15.9 Å². The maximum Gasteiger partial charge on any atom is 0.144 e. The SMILES string of the molecule is COc1cc(Nc2ncnc3sccc23)c(OC)cc1Cl. The molecule has 2 heterocycles. The van der Waals surface area contributed by atoms with Crippen molar-refractivity contribution in [3.05, 3.63) is 34.9 Å². The van der Waals surface area contributed by atoms with Crippen LogP contribution < -0.4 is 14.8 Å². The van der Waals surface area contributed by atoms with Crippen molar-refractivity contribution in [3.8, 4) is 11.5 Å². The van der Waals surface area contributed by atoms with Crippen LogP contribution in [0.3, 0.4) is 0 Å². The smallest absolute Gasteiger partial charge is 0.144 e. The summed E-state index contributed by atoms with van der Waals surface area (Å²) in [5.41, 5.74) is 0.727. The average molecular weight is 322 g/mol. The van der Waals surface area contributed by atoms with E-state index in [-0.39, 0.29) is 0 Å². The summed E-state index contributed by atoms with van der Waals surface area (Å²) in [6.45, 7) is 0. The maximum atomic E-state index is 6.10. The Morgan fingerprint density at radius 3 is 2.71 bits per heavy atom. The summed E-state index contributed by atoms with van der Waals surface area (Å²) in [5, 5.41) is 6.67. The van der Waals surface area contributed by atoms with Crippen LogP contribution in [0.5, 0.6) is 11.5 Å². The Labute approximate surface area is 130 Å². The fraction of sp³-hybridized carbons (Fsp3) is 0.143. The van der Waals surface area contributed by atoms with Gasteiger partial charge in [-0.15, -0.1) is 11.3 Å². The third-order valence-corrected chi connectivity index (χ3v) is 4.10. The highest BCUT2D eigenvalue weighted by atomic mass is 35.5. The highest BCUT2D eigenvalue weighted by molar-refractivity contribution is 7.16. The normalized spacial score (nSPS) is 10.6. The summed E-state index contributed by atoms with van der Waals surface area (Å²) in [6, 6.07) is 5.46. The van der Waals surface area contributed by atoms with Crippen molar-refractivity contribution in [3.63, 3.8) is 0 Å². The number of rotatable bonds is 4. The topological polar surface area (TPSA) is 56.3 Å². The van der Waals surface area contributed by atoms with E-state index in [1.807, 2.05) is 11.4 Å². The monoisotopic (exact) mass is 321 g/mol. The molecule has 0 aliphatic rings. The van der Waals surface area contributed by atoms with Gasteiger partial charge in [-0.2, -0.15) is 0 Å². The lowest BCUT2D eigenvalue weighted by Gasteiger charge is -2.13. The molecule has 0 bridgehead atoms. The van der Waals surface area contributed by atoms with Crippen molar-refractivity contribution in [1.82, 2.24) is 9.97 Å². The number of aromatic nitrogens is 2. The Morgan fingerprint density at radius 1 is 1.14 bits per heavy atom. The Hall–Kier alpha value is -2.05. The second kappa shape index (κ2) is 5.75. The minimum Gasteiger partial charge on any atom is -0.495 e. The molecule has 0 amide bonds. The molecule has 3 rings (SSSR count). The van der Waals surface area contributed by atoms with Crippen molar-refractivity contribution in [1.29, 1.82) is 0 Å². The molecule has 21 heavy (non-hydrogen) atoms. The number of ether oxygens (including phenoxy) is 2. The highest BCUT2D eigenvalue weighted by Gasteiger charge is 2.12. The highest BCUT2D eigenvalue weighted by Crippen LogP contribution is 2.38. The zero-order chi connectivity index (χ0) is 14.8. The van der Waals surface area contributed by atoms with Gasteiger partial charge in [0.15, 0.2) is 0 Å². The van der Waals surface area contributed by atoms with Gasteiger partial charge in [0.25, 0.3) is 0 Å². The van der Waals surface area contributed by atoms with Crippen molar-refractivity contribution >= 4 is 44.7 Å². The predicted molar refractivity (Wildman–Crippen MR) is 85.3 cm³/mol. The summed E-state index contributed by atoms with van der Waals surface area (Å²) >= 11 is 7.67. The van der Waals surface area contributed by atoms with Gasteiger partial charge in [-0.25, -0.2) is 9.97 Å². The third kappa shape index (κ3) is 2.59. The molecule has 0 spiro atoms. The molecule has 0 fully saturated rings. The number of halogens is 1. The van der Waals surface area contributed by atoms with E-state index < -0.39 is 0 Å². The standard InChI is InChI=1S/C14H12ClN3O2S/c1-19-11-6-10(12(20-2)5-9(11)15)18-13-8-3-4-21-14(8)17-7-16-13/h3-7H,1-2H3,(H,16,17,18). The Morgan fingerprint density at radius 2 is 1.95 bits per heavy atom. The van der Waals surface area contributed by atoms with Crippen molar-refractivity contribution in [2.75, 3.05) is 19.5 Å². The molecule has 0 saturated carbocycles. The zero-order valence-electron chi connectivity index (χ0n) is 11.4. The fourth-order valence-electron chi connectivity index (χ4n) is 1.98. The van der Waals surface area contributed by atoms with Crippen LogP contribution in [0.1, 0.15) is 0 Å². The summed E-state index contributed by atoms with van der Waals surface area (Å²) < 4.78 is 10.6. The first-order valence-corrected chi connectivity index (χ1v) is 7.35. The van der Waals surface area contributed by atoms with Gasteiger partial charge in [-0.1, -0.05) is 11.6 Å². The maximum absolute atomic E-state index is 6.10. The molecule has 1 aromatic carbocycles. The summed E-state index contributed by atoms with van der Waals surface area (Å²) in [7, 11) is 3.16. The number of methoxy groups -OCH3 is 2. The number of nitrogens with zero attached hydrogens (tertiary/aromatic N) is 2. The molecule has 0 radical (unpaired) electrons. The number of benzene rings is 1. The van der Waals surface area contributed by atoms with Gasteiger partial charge in [0, 0.05) is 12.1 Å². The number of fused-ring (bicyclic) bond motifs is 1. The van der Waals surface area contributed by atoms with Crippen LogP contribution in [0.4, 0.5) is 11.5 Å². The molecule has 0 aliphatic heterocycles. The number of thiophene rings is 1. The van der Waals surface area contributed by atoms with Crippen LogP contribution in [-0.2, 0) is 0 Å². The summed E-state index contributed by atoms with van der Waals surface area (Å²) in [6.07, 6.45) is 1.53. The molecule has 2 aromatic heterocycles. The van der Waals surface area contributed by atoms with Gasteiger partial charge in [0.1, 0.15) is 28.5 Å². The number of nitrogens with one attached hydrogen (secondary N) is 1. The second-order valence-corrected chi connectivity index (χ2v) is 5.48. The first-order valence-electron chi connectivity index (χ1n) is 6.09. The summed E-state index contributed by atoms with van der Waals surface area (Å²) in [5.74, 6) is 1.89. The molecule has 3 aromatic rings. The lowest BCUT2D eigenvalue weighted by molar-refractivity contribution is 0.405. The Bertz CT molecular complexity index is 791. The Kier molecular flexibility index (Phi) is 3.81. The average Bonchev–Trinajstić information content (AvgIpc) is 2.98. The minimum absolute atomic E-state index is 0.489. The van der Waals surface area contributed by atoms with Crippen LogP contribution in [0.25, 0.3) is 10.2 Å². The van der Waals surface area contributed by atoms with Gasteiger partial charge >= 0.3 is 0 Å². The van der Waals surface area contributed by atoms with Gasteiger partial charge in [-0.05, 0) is 11.4 Å². The molecule has 0 saturated heterocycles. The largest absolute Gasteiger partial charge is 0.495 e. The lowest BCUT2D eigenvalue weighted by atomic mass is 10.2. The van der Waals surface area contributed by atoms with Crippen LogP contribution in [-0.4, -0.2) is 24.2 Å². The first kappa shape index (κ1) is 13.9. The Balaban J connectivity index is 2.06. The molecule has 7 heteroatoms. The second-order valence-electron chi connectivity index (χ2n) is 4.17. The first-order chi connectivity index (χ1) is 10.2. The van der Waals surface area contributed by atoms with E-state index in [9.17, 15) is 0 Å². The van der Waals surface area contributed by atoms with Gasteiger partial charge in [0.05, 0.1) is 30.3 Å². The van der Waals surface area contributed by atoms with E-state index in [2.05, 4.69) is 15.3 Å². The van der Waals surface area contributed by atoms with Crippen molar-refractivity contribution < 1.29 is 9.47 Å². The van der Waals surface area contributed by atoms with Crippen LogP contribution in [0.15, 0.2) is 29.9 Å². The van der Waals surface area contributed by atoms with Crippen LogP contribution in [0, 0.1) is 0 Å². The van der Waals surface area contributed by atoms with E-state index in [1.54, 1.807) is 37.7 Å². The van der Waals surface area contributed by atoms with Crippen LogP contribution in [0.2, 0.25) is 5.02 Å². The molecular weight excluding hydrogens is 310 g/mol. The van der Waals surface area contributed by atoms with Gasteiger partial charge in [-0.3, -0.25) is 0 Å². The van der Waals surface area contributed by atoms with E-state index in [0.29, 0.717) is 22.3 Å². The van der Waals surface area contributed by atoms with Crippen molar-refractivity contribution in [2.45, 2.75) is 0 Å². The van der Waals surface area contributed by atoms with Crippen LogP contribution >= 0.6 is 22.9 Å². The lowest BCUT2D eigenvalue weighted by Crippen LogP contribution is -1.98. The predicted octanol–water partition coefficient (Wildman–Crippen LogP) is 4.11. The van der Waals surface area contributed by atoms with Crippen molar-refractivity contribution in [2.24, 2.45) is 0 Å². The molecular formula is C14H12ClN3O2S. The molecule has 0 atom stereocenters. The number of hydrogen-bond donors (Lipinski definition) is 1. The molecule has 1 N–H and O–H groups in total. The molecule has 5 nitrogen and oxygen atoms in total. The van der Waals surface area contributed by atoms with Gasteiger partial charge < -0.3 is 14.8 Å². The minimum atomic E-state index is 0.489. The zero-order valence-corrected chi connectivity index (χ0v) is 13.0. The quantitative estimate of drug-likeness (QED) is 0.783.